The molecule has 1 N–H and O–H groups in total. The van der Waals surface area contributed by atoms with Crippen LogP contribution < -0.4 is 5.32 Å². The summed E-state index contributed by atoms with van der Waals surface area (Å²) in [4.78, 5) is 2.45. The van der Waals surface area contributed by atoms with Gasteiger partial charge < -0.3 is 5.32 Å². The van der Waals surface area contributed by atoms with Crippen LogP contribution in [0.1, 0.15) is 17.8 Å². The van der Waals surface area contributed by atoms with Gasteiger partial charge in [-0.2, -0.15) is 0 Å². The van der Waals surface area contributed by atoms with E-state index >= 15 is 0 Å². The van der Waals surface area contributed by atoms with Gasteiger partial charge in [0.1, 0.15) is 5.01 Å². The second-order valence-corrected chi connectivity index (χ2v) is 5.89. The number of aromatic nitrogens is 2. The molecule has 1 aliphatic rings. The highest BCUT2D eigenvalue weighted by Gasteiger charge is 2.20. The fourth-order valence-electron chi connectivity index (χ4n) is 2.24. The summed E-state index contributed by atoms with van der Waals surface area (Å²) in [5, 5.41) is 12.2. The Morgan fingerprint density at radius 1 is 1.56 bits per heavy atom. The number of hydrogen-bond donors (Lipinski definition) is 1. The molecule has 1 aromatic rings. The number of hydrogen-bond acceptors (Lipinski definition) is 5. The third-order valence-corrected chi connectivity index (χ3v) is 3.90. The normalized spacial score (nSPS) is 22.5. The van der Waals surface area contributed by atoms with Crippen molar-refractivity contribution in [2.75, 3.05) is 26.7 Å². The van der Waals surface area contributed by atoms with Crippen molar-refractivity contribution in [2.45, 2.75) is 19.4 Å². The minimum atomic E-state index is 0.541. The van der Waals surface area contributed by atoms with Gasteiger partial charge >= 0.3 is 0 Å². The lowest BCUT2D eigenvalue weighted by molar-refractivity contribution is 0.166. The van der Waals surface area contributed by atoms with Crippen LogP contribution >= 0.6 is 22.9 Å². The summed E-state index contributed by atoms with van der Waals surface area (Å²) in [5.74, 6) is 0.766. The Kier molecular flexibility index (Phi) is 4.52. The van der Waals surface area contributed by atoms with E-state index in [1.54, 1.807) is 0 Å². The lowest BCUT2D eigenvalue weighted by Gasteiger charge is -2.31. The molecule has 4 nitrogen and oxygen atoms in total. The second-order valence-electron chi connectivity index (χ2n) is 4.25. The molecule has 0 spiro atoms. The van der Waals surface area contributed by atoms with Gasteiger partial charge in [-0.15, -0.1) is 10.2 Å². The molecule has 1 aliphatic heterocycles. The lowest BCUT2D eigenvalue weighted by Crippen LogP contribution is -2.38. The van der Waals surface area contributed by atoms with E-state index in [9.17, 15) is 0 Å². The van der Waals surface area contributed by atoms with Crippen LogP contribution in [0.2, 0.25) is 4.47 Å². The first-order valence-corrected chi connectivity index (χ1v) is 6.82. The minimum Gasteiger partial charge on any atom is -0.319 e. The molecular weight excluding hydrogens is 244 g/mol. The molecule has 1 aromatic heterocycles. The molecule has 6 heteroatoms. The van der Waals surface area contributed by atoms with Crippen LogP contribution in [0.5, 0.6) is 0 Å². The maximum Gasteiger partial charge on any atom is 0.207 e. The van der Waals surface area contributed by atoms with Crippen molar-refractivity contribution in [2.24, 2.45) is 5.92 Å². The molecule has 0 aliphatic carbocycles. The molecular formula is C10H17ClN4S. The zero-order chi connectivity index (χ0) is 11.4. The fourth-order valence-corrected chi connectivity index (χ4v) is 3.15. The maximum absolute atomic E-state index is 5.77. The van der Waals surface area contributed by atoms with E-state index < -0.39 is 0 Å². The van der Waals surface area contributed by atoms with E-state index in [1.165, 1.54) is 24.2 Å². The highest BCUT2D eigenvalue weighted by atomic mass is 35.5. The number of rotatable bonds is 4. The summed E-state index contributed by atoms with van der Waals surface area (Å²) in [7, 11) is 2.02. The van der Waals surface area contributed by atoms with Gasteiger partial charge in [0.25, 0.3) is 0 Å². The third-order valence-electron chi connectivity index (χ3n) is 2.90. The van der Waals surface area contributed by atoms with Crippen molar-refractivity contribution in [1.82, 2.24) is 20.4 Å². The summed E-state index contributed by atoms with van der Waals surface area (Å²) in [6.07, 6.45) is 2.60. The van der Waals surface area contributed by atoms with Crippen LogP contribution in [-0.4, -0.2) is 41.8 Å². The molecule has 1 fully saturated rings. The van der Waals surface area contributed by atoms with Gasteiger partial charge in [-0.25, -0.2) is 0 Å². The molecule has 1 unspecified atom stereocenters. The molecule has 1 saturated heterocycles. The number of nitrogens with one attached hydrogen (secondary N) is 1. The first kappa shape index (κ1) is 12.2. The molecule has 0 saturated carbocycles. The molecule has 2 rings (SSSR count). The van der Waals surface area contributed by atoms with Crippen LogP contribution in [0.25, 0.3) is 0 Å². The zero-order valence-corrected chi connectivity index (χ0v) is 11.0. The van der Waals surface area contributed by atoms with Crippen LogP contribution in [0.3, 0.4) is 0 Å². The molecule has 0 amide bonds. The summed E-state index contributed by atoms with van der Waals surface area (Å²) < 4.78 is 0.541. The van der Waals surface area contributed by atoms with E-state index in [-0.39, 0.29) is 0 Å². The molecule has 2 heterocycles. The van der Waals surface area contributed by atoms with Gasteiger partial charge in [0.2, 0.25) is 4.47 Å². The predicted octanol–water partition coefficient (Wildman–Crippen LogP) is 1.62. The van der Waals surface area contributed by atoms with Crippen molar-refractivity contribution >= 4 is 22.9 Å². The standard InChI is InChI=1S/C10H17ClN4S/c1-12-5-8-3-2-4-15(6-8)7-9-13-14-10(11)16-9/h8,12H,2-7H2,1H3. The molecule has 16 heavy (non-hydrogen) atoms. The Balaban J connectivity index is 1.85. The summed E-state index contributed by atoms with van der Waals surface area (Å²) in [6, 6.07) is 0. The monoisotopic (exact) mass is 260 g/mol. The topological polar surface area (TPSA) is 41.0 Å². The first-order valence-electron chi connectivity index (χ1n) is 5.62. The van der Waals surface area contributed by atoms with E-state index in [0.717, 1.165) is 37.1 Å². The molecule has 0 radical (unpaired) electrons. The number of likely N-dealkylation sites (tertiary alicyclic amines) is 1. The molecule has 0 bridgehead atoms. The largest absolute Gasteiger partial charge is 0.319 e. The van der Waals surface area contributed by atoms with Crippen molar-refractivity contribution < 1.29 is 0 Å². The van der Waals surface area contributed by atoms with E-state index in [1.807, 2.05) is 7.05 Å². The van der Waals surface area contributed by atoms with Crippen molar-refractivity contribution in [3.63, 3.8) is 0 Å². The smallest absolute Gasteiger partial charge is 0.207 e. The van der Waals surface area contributed by atoms with Gasteiger partial charge in [0, 0.05) is 6.54 Å². The predicted molar refractivity (Wildman–Crippen MR) is 66.8 cm³/mol. The van der Waals surface area contributed by atoms with Gasteiger partial charge in [-0.3, -0.25) is 4.90 Å². The second kappa shape index (κ2) is 5.91. The van der Waals surface area contributed by atoms with Gasteiger partial charge in [-0.1, -0.05) is 11.3 Å². The van der Waals surface area contributed by atoms with E-state index in [2.05, 4.69) is 20.4 Å². The summed E-state index contributed by atoms with van der Waals surface area (Å²) in [5.41, 5.74) is 0. The van der Waals surface area contributed by atoms with Crippen LogP contribution in [0.4, 0.5) is 0 Å². The Hall–Kier alpha value is -0.230. The number of piperidine rings is 1. The van der Waals surface area contributed by atoms with Crippen LogP contribution in [0.15, 0.2) is 0 Å². The first-order chi connectivity index (χ1) is 7.78. The van der Waals surface area contributed by atoms with Crippen LogP contribution in [-0.2, 0) is 6.54 Å². The van der Waals surface area contributed by atoms with Crippen molar-refractivity contribution in [1.29, 1.82) is 0 Å². The quantitative estimate of drug-likeness (QED) is 0.893. The SMILES string of the molecule is CNCC1CCCN(Cc2nnc(Cl)s2)C1. The van der Waals surface area contributed by atoms with Crippen LogP contribution in [0, 0.1) is 5.92 Å². The highest BCUT2D eigenvalue weighted by molar-refractivity contribution is 7.15. The van der Waals surface area contributed by atoms with E-state index in [4.69, 9.17) is 11.6 Å². The summed E-state index contributed by atoms with van der Waals surface area (Å²) in [6.45, 7) is 4.31. The number of halogens is 1. The Morgan fingerprint density at radius 2 is 2.44 bits per heavy atom. The van der Waals surface area contributed by atoms with Crippen molar-refractivity contribution in [3.8, 4) is 0 Å². The van der Waals surface area contributed by atoms with Crippen molar-refractivity contribution in [3.05, 3.63) is 9.47 Å². The van der Waals surface area contributed by atoms with E-state index in [0.29, 0.717) is 4.47 Å². The minimum absolute atomic E-state index is 0.541. The molecule has 90 valence electrons. The fraction of sp³-hybridized carbons (Fsp3) is 0.800. The van der Waals surface area contributed by atoms with Gasteiger partial charge in [0.05, 0.1) is 6.54 Å². The molecule has 0 aromatic carbocycles. The highest BCUT2D eigenvalue weighted by Crippen LogP contribution is 2.21. The Labute approximate surface area is 105 Å². The average Bonchev–Trinajstić information content (AvgIpc) is 2.65. The lowest BCUT2D eigenvalue weighted by atomic mass is 9.98. The third kappa shape index (κ3) is 3.38. The average molecular weight is 261 g/mol. The Morgan fingerprint density at radius 3 is 3.12 bits per heavy atom. The number of nitrogens with zero attached hydrogens (tertiary/aromatic N) is 3. The molecule has 1 atom stereocenters. The van der Waals surface area contributed by atoms with Gasteiger partial charge in [-0.05, 0) is 50.5 Å². The zero-order valence-electron chi connectivity index (χ0n) is 9.45. The summed E-state index contributed by atoms with van der Waals surface area (Å²) >= 11 is 7.25. The maximum atomic E-state index is 5.77. The van der Waals surface area contributed by atoms with Gasteiger partial charge in [0.15, 0.2) is 0 Å². The Bertz CT molecular complexity index is 328.